The number of fused-ring (bicyclic) bond motifs is 1. The van der Waals surface area contributed by atoms with Crippen LogP contribution in [-0.2, 0) is 27.2 Å². The van der Waals surface area contributed by atoms with Crippen LogP contribution in [0.1, 0.15) is 37.0 Å². The van der Waals surface area contributed by atoms with Gasteiger partial charge in [-0.2, -0.15) is 0 Å². The maximum atomic E-state index is 12.5. The van der Waals surface area contributed by atoms with Gasteiger partial charge in [0, 0.05) is 29.0 Å². The molecule has 3 rings (SSSR count). The lowest BCUT2D eigenvalue weighted by molar-refractivity contribution is -0.147. The van der Waals surface area contributed by atoms with Crippen LogP contribution in [-0.4, -0.2) is 18.0 Å². The van der Waals surface area contributed by atoms with Crippen LogP contribution in [0.5, 0.6) is 5.75 Å². The highest BCUT2D eigenvalue weighted by Crippen LogP contribution is 2.29. The van der Waals surface area contributed by atoms with Gasteiger partial charge in [-0.1, -0.05) is 23.7 Å². The fourth-order valence-corrected chi connectivity index (χ4v) is 3.29. The number of carbonyl (C=O) groups is 2. The zero-order chi connectivity index (χ0) is 22.5. The molecule has 0 radical (unpaired) electrons. The highest BCUT2D eigenvalue weighted by molar-refractivity contribution is 6.30. The molecule has 0 N–H and O–H groups in total. The van der Waals surface area contributed by atoms with E-state index < -0.39 is 11.6 Å². The number of hydrogen-bond acceptors (Lipinski definition) is 6. The van der Waals surface area contributed by atoms with Gasteiger partial charge in [-0.3, -0.25) is 9.59 Å². The standard InChI is InChI=1S/C24H23ClO6/c1-14(2)29-22(26)9-6-17-12-19-15(3)10-23(27)31-21(19)13-20(17)30-24(28)11-16-4-7-18(25)8-5-16/h4-5,7-8,10,12-14H,6,9,11H2,1-3H3. The molecule has 0 atom stereocenters. The van der Waals surface area contributed by atoms with Gasteiger partial charge in [0.05, 0.1) is 12.5 Å². The molecule has 1 heterocycles. The third-order valence-electron chi connectivity index (χ3n) is 4.58. The Labute approximate surface area is 184 Å². The van der Waals surface area contributed by atoms with Crippen molar-refractivity contribution in [2.75, 3.05) is 0 Å². The van der Waals surface area contributed by atoms with Crippen molar-refractivity contribution in [3.63, 3.8) is 0 Å². The Morgan fingerprint density at radius 3 is 2.45 bits per heavy atom. The third kappa shape index (κ3) is 6.18. The Hall–Kier alpha value is -3.12. The highest BCUT2D eigenvalue weighted by Gasteiger charge is 2.16. The molecule has 0 aliphatic heterocycles. The molecule has 0 aliphatic rings. The molecule has 0 aliphatic carbocycles. The number of halogens is 1. The Morgan fingerprint density at radius 1 is 1.06 bits per heavy atom. The summed E-state index contributed by atoms with van der Waals surface area (Å²) in [6, 6.07) is 11.6. The molecule has 0 fully saturated rings. The molecule has 31 heavy (non-hydrogen) atoms. The van der Waals surface area contributed by atoms with Crippen molar-refractivity contribution in [2.45, 2.75) is 46.1 Å². The number of hydrogen-bond donors (Lipinski definition) is 0. The molecule has 0 bridgehead atoms. The molecule has 0 saturated heterocycles. The number of benzene rings is 2. The smallest absolute Gasteiger partial charge is 0.336 e. The van der Waals surface area contributed by atoms with E-state index in [1.807, 2.05) is 0 Å². The van der Waals surface area contributed by atoms with E-state index in [0.717, 1.165) is 11.1 Å². The topological polar surface area (TPSA) is 82.8 Å². The van der Waals surface area contributed by atoms with E-state index in [1.54, 1.807) is 51.1 Å². The van der Waals surface area contributed by atoms with Gasteiger partial charge in [0.25, 0.3) is 0 Å². The summed E-state index contributed by atoms with van der Waals surface area (Å²) in [5.41, 5.74) is 1.95. The van der Waals surface area contributed by atoms with E-state index >= 15 is 0 Å². The molecule has 162 valence electrons. The van der Waals surface area contributed by atoms with E-state index in [1.165, 1.54) is 12.1 Å². The predicted octanol–water partition coefficient (Wildman–Crippen LogP) is 4.79. The Balaban J connectivity index is 1.88. The van der Waals surface area contributed by atoms with Crippen LogP contribution in [0.25, 0.3) is 11.0 Å². The first kappa shape index (κ1) is 22.6. The second-order valence-electron chi connectivity index (χ2n) is 7.52. The van der Waals surface area contributed by atoms with Gasteiger partial charge in [0.2, 0.25) is 0 Å². The number of rotatable bonds is 7. The fraction of sp³-hybridized carbons (Fsp3) is 0.292. The van der Waals surface area contributed by atoms with Gasteiger partial charge in [-0.05, 0) is 62.1 Å². The van der Waals surface area contributed by atoms with Crippen LogP contribution >= 0.6 is 11.6 Å². The lowest BCUT2D eigenvalue weighted by Gasteiger charge is -2.13. The molecule has 0 saturated carbocycles. The van der Waals surface area contributed by atoms with E-state index in [0.29, 0.717) is 28.0 Å². The summed E-state index contributed by atoms with van der Waals surface area (Å²) in [5, 5.41) is 1.29. The first-order valence-electron chi connectivity index (χ1n) is 9.93. The van der Waals surface area contributed by atoms with Crippen LogP contribution in [0.4, 0.5) is 0 Å². The van der Waals surface area contributed by atoms with Gasteiger partial charge < -0.3 is 13.9 Å². The van der Waals surface area contributed by atoms with Crippen molar-refractivity contribution >= 4 is 34.5 Å². The van der Waals surface area contributed by atoms with Crippen molar-refractivity contribution < 1.29 is 23.5 Å². The van der Waals surface area contributed by atoms with E-state index in [2.05, 4.69) is 0 Å². The maximum absolute atomic E-state index is 12.5. The molecule has 2 aromatic carbocycles. The third-order valence-corrected chi connectivity index (χ3v) is 4.84. The summed E-state index contributed by atoms with van der Waals surface area (Å²) in [7, 11) is 0. The lowest BCUT2D eigenvalue weighted by atomic mass is 10.0. The minimum Gasteiger partial charge on any atom is -0.463 e. The lowest BCUT2D eigenvalue weighted by Crippen LogP contribution is -2.14. The van der Waals surface area contributed by atoms with Crippen molar-refractivity contribution in [1.82, 2.24) is 0 Å². The summed E-state index contributed by atoms with van der Waals surface area (Å²) in [5.74, 6) is -0.579. The average Bonchev–Trinajstić information content (AvgIpc) is 2.67. The molecule has 0 amide bonds. The van der Waals surface area contributed by atoms with Crippen molar-refractivity contribution in [2.24, 2.45) is 0 Å². The number of ether oxygens (including phenoxy) is 2. The van der Waals surface area contributed by atoms with Crippen molar-refractivity contribution in [3.8, 4) is 5.75 Å². The Morgan fingerprint density at radius 2 is 1.77 bits per heavy atom. The molecule has 1 aromatic heterocycles. The Bertz CT molecular complexity index is 1160. The zero-order valence-corrected chi connectivity index (χ0v) is 18.3. The molecular weight excluding hydrogens is 420 g/mol. The van der Waals surface area contributed by atoms with Crippen LogP contribution in [0, 0.1) is 6.92 Å². The van der Waals surface area contributed by atoms with Crippen molar-refractivity contribution in [1.29, 1.82) is 0 Å². The minimum atomic E-state index is -0.489. The number of carbonyl (C=O) groups excluding carboxylic acids is 2. The second kappa shape index (κ2) is 9.79. The molecule has 6 nitrogen and oxygen atoms in total. The quantitative estimate of drug-likeness (QED) is 0.297. The second-order valence-corrected chi connectivity index (χ2v) is 7.96. The largest absolute Gasteiger partial charge is 0.463 e. The van der Waals surface area contributed by atoms with Gasteiger partial charge in [0.1, 0.15) is 11.3 Å². The fourth-order valence-electron chi connectivity index (χ4n) is 3.17. The van der Waals surface area contributed by atoms with Crippen LogP contribution in [0.3, 0.4) is 0 Å². The summed E-state index contributed by atoms with van der Waals surface area (Å²) < 4.78 is 16.1. The van der Waals surface area contributed by atoms with Crippen LogP contribution in [0.15, 0.2) is 51.7 Å². The van der Waals surface area contributed by atoms with Crippen molar-refractivity contribution in [3.05, 3.63) is 74.6 Å². The SMILES string of the molecule is Cc1cc(=O)oc2cc(OC(=O)Cc3ccc(Cl)cc3)c(CCC(=O)OC(C)C)cc12. The number of esters is 2. The maximum Gasteiger partial charge on any atom is 0.336 e. The Kier molecular flexibility index (Phi) is 7.13. The van der Waals surface area contributed by atoms with Gasteiger partial charge in [-0.25, -0.2) is 4.79 Å². The molecule has 7 heteroatoms. The summed E-state index contributed by atoms with van der Waals surface area (Å²) in [6.45, 7) is 5.36. The monoisotopic (exact) mass is 442 g/mol. The van der Waals surface area contributed by atoms with Gasteiger partial charge in [0.15, 0.2) is 0 Å². The predicted molar refractivity (Wildman–Crippen MR) is 118 cm³/mol. The van der Waals surface area contributed by atoms with Gasteiger partial charge >= 0.3 is 17.6 Å². The molecular formula is C24H23ClO6. The molecule has 0 unspecified atom stereocenters. The average molecular weight is 443 g/mol. The first-order valence-corrected chi connectivity index (χ1v) is 10.3. The summed E-state index contributed by atoms with van der Waals surface area (Å²) >= 11 is 5.88. The van der Waals surface area contributed by atoms with E-state index in [-0.39, 0.29) is 30.7 Å². The number of aryl methyl sites for hydroxylation is 2. The minimum absolute atomic E-state index is 0.0435. The summed E-state index contributed by atoms with van der Waals surface area (Å²) in [6.07, 6.45) is 0.268. The summed E-state index contributed by atoms with van der Waals surface area (Å²) in [4.78, 5) is 36.3. The van der Waals surface area contributed by atoms with E-state index in [4.69, 9.17) is 25.5 Å². The normalized spacial score (nSPS) is 11.0. The van der Waals surface area contributed by atoms with Crippen LogP contribution in [0.2, 0.25) is 5.02 Å². The highest BCUT2D eigenvalue weighted by atomic mass is 35.5. The first-order chi connectivity index (χ1) is 14.7. The zero-order valence-electron chi connectivity index (χ0n) is 17.6. The molecule has 0 spiro atoms. The van der Waals surface area contributed by atoms with E-state index in [9.17, 15) is 14.4 Å². The van der Waals surface area contributed by atoms with Crippen LogP contribution < -0.4 is 10.4 Å². The molecule has 3 aromatic rings. The van der Waals surface area contributed by atoms with Gasteiger partial charge in [-0.15, -0.1) is 0 Å².